The minimum Gasteiger partial charge on any atom is -0.494 e. The molecule has 0 radical (unpaired) electrons. The van der Waals surface area contributed by atoms with Gasteiger partial charge in [-0.2, -0.15) is 0 Å². The van der Waals surface area contributed by atoms with Crippen LogP contribution in [0.25, 0.3) is 0 Å². The van der Waals surface area contributed by atoms with Gasteiger partial charge in [-0.15, -0.1) is 0 Å². The normalized spacial score (nSPS) is 18.5. The highest BCUT2D eigenvalue weighted by molar-refractivity contribution is 5.50. The van der Waals surface area contributed by atoms with Crippen molar-refractivity contribution in [1.82, 2.24) is 5.32 Å². The molecule has 3 rings (SSSR count). The zero-order valence-electron chi connectivity index (χ0n) is 12.5. The van der Waals surface area contributed by atoms with Crippen LogP contribution in [0.4, 0.5) is 5.69 Å². The molecule has 1 atom stereocenters. The summed E-state index contributed by atoms with van der Waals surface area (Å²) in [5.74, 6) is 0.941. The molecule has 0 spiro atoms. The molecule has 1 saturated heterocycles. The molecule has 0 saturated carbocycles. The lowest BCUT2D eigenvalue weighted by Crippen LogP contribution is -2.45. The van der Waals surface area contributed by atoms with Crippen molar-refractivity contribution in [1.29, 1.82) is 0 Å². The minimum atomic E-state index is 0.395. The van der Waals surface area contributed by atoms with Gasteiger partial charge in [0.1, 0.15) is 5.75 Å². The van der Waals surface area contributed by atoms with Crippen molar-refractivity contribution in [2.24, 2.45) is 0 Å². The van der Waals surface area contributed by atoms with Gasteiger partial charge < -0.3 is 15.0 Å². The van der Waals surface area contributed by atoms with Crippen molar-refractivity contribution in [3.8, 4) is 5.75 Å². The molecule has 3 nitrogen and oxygen atoms in total. The van der Waals surface area contributed by atoms with Crippen LogP contribution in [0.3, 0.4) is 0 Å². The zero-order valence-corrected chi connectivity index (χ0v) is 12.5. The molecule has 1 unspecified atom stereocenters. The smallest absolute Gasteiger partial charge is 0.119 e. The van der Waals surface area contributed by atoms with Gasteiger partial charge in [0, 0.05) is 31.4 Å². The van der Waals surface area contributed by atoms with Crippen molar-refractivity contribution in [2.75, 3.05) is 31.1 Å². The fraction of sp³-hybridized carbons (Fsp3) is 0.333. The summed E-state index contributed by atoms with van der Waals surface area (Å²) < 4.78 is 5.51. The van der Waals surface area contributed by atoms with Crippen molar-refractivity contribution in [3.63, 3.8) is 0 Å². The van der Waals surface area contributed by atoms with E-state index in [2.05, 4.69) is 64.8 Å². The lowest BCUT2D eigenvalue weighted by Gasteiger charge is -2.35. The van der Waals surface area contributed by atoms with E-state index in [1.54, 1.807) is 0 Å². The number of hydrogen-bond donors (Lipinski definition) is 1. The van der Waals surface area contributed by atoms with Crippen LogP contribution in [0.5, 0.6) is 5.75 Å². The fourth-order valence-electron chi connectivity index (χ4n) is 2.81. The Balaban J connectivity index is 1.71. The molecule has 0 aromatic heterocycles. The highest BCUT2D eigenvalue weighted by Crippen LogP contribution is 2.24. The minimum absolute atomic E-state index is 0.395. The van der Waals surface area contributed by atoms with Crippen LogP contribution >= 0.6 is 0 Å². The largest absolute Gasteiger partial charge is 0.494 e. The Bertz CT molecular complexity index is 553. The molecule has 1 N–H and O–H groups in total. The quantitative estimate of drug-likeness (QED) is 0.931. The average Bonchev–Trinajstić information content (AvgIpc) is 2.57. The Labute approximate surface area is 126 Å². The van der Waals surface area contributed by atoms with E-state index in [0.717, 1.165) is 25.4 Å². The van der Waals surface area contributed by atoms with Gasteiger partial charge >= 0.3 is 0 Å². The molecule has 1 aliphatic rings. The Hall–Kier alpha value is -2.00. The molecule has 2 aromatic carbocycles. The van der Waals surface area contributed by atoms with Gasteiger partial charge in [0.05, 0.1) is 6.61 Å². The third kappa shape index (κ3) is 3.37. The van der Waals surface area contributed by atoms with E-state index in [0.29, 0.717) is 12.6 Å². The Kier molecular flexibility index (Phi) is 4.41. The van der Waals surface area contributed by atoms with Crippen molar-refractivity contribution in [3.05, 3.63) is 60.2 Å². The van der Waals surface area contributed by atoms with Gasteiger partial charge in [-0.3, -0.25) is 0 Å². The fourth-order valence-corrected chi connectivity index (χ4v) is 2.81. The van der Waals surface area contributed by atoms with Crippen LogP contribution < -0.4 is 15.0 Å². The SMILES string of the molecule is CCOc1ccc(N2CCNC(c3ccccc3)C2)cc1. The number of piperazine rings is 1. The summed E-state index contributed by atoms with van der Waals surface area (Å²) in [6, 6.07) is 19.5. The molecule has 2 aromatic rings. The van der Waals surface area contributed by atoms with Crippen LogP contribution in [0.2, 0.25) is 0 Å². The maximum Gasteiger partial charge on any atom is 0.119 e. The number of ether oxygens (including phenoxy) is 1. The number of anilines is 1. The molecule has 1 fully saturated rings. The first-order valence-electron chi connectivity index (χ1n) is 7.63. The van der Waals surface area contributed by atoms with Crippen molar-refractivity contribution in [2.45, 2.75) is 13.0 Å². The average molecular weight is 282 g/mol. The second-order valence-corrected chi connectivity index (χ2v) is 5.29. The van der Waals surface area contributed by atoms with E-state index in [-0.39, 0.29) is 0 Å². The summed E-state index contributed by atoms with van der Waals surface area (Å²) in [6.45, 7) is 5.76. The first kappa shape index (κ1) is 14.0. The highest BCUT2D eigenvalue weighted by atomic mass is 16.5. The van der Waals surface area contributed by atoms with Gasteiger partial charge in [0.15, 0.2) is 0 Å². The lowest BCUT2D eigenvalue weighted by molar-refractivity contribution is 0.340. The molecule has 1 heterocycles. The first-order valence-corrected chi connectivity index (χ1v) is 7.63. The van der Waals surface area contributed by atoms with Crippen LogP contribution in [0.15, 0.2) is 54.6 Å². The van der Waals surface area contributed by atoms with Gasteiger partial charge in [-0.25, -0.2) is 0 Å². The number of nitrogens with zero attached hydrogens (tertiary/aromatic N) is 1. The van der Waals surface area contributed by atoms with Crippen molar-refractivity contribution >= 4 is 5.69 Å². The summed E-state index contributed by atoms with van der Waals surface area (Å²) in [7, 11) is 0. The number of nitrogens with one attached hydrogen (secondary N) is 1. The van der Waals surface area contributed by atoms with E-state index in [1.165, 1.54) is 11.3 Å². The second kappa shape index (κ2) is 6.64. The zero-order chi connectivity index (χ0) is 14.5. The topological polar surface area (TPSA) is 24.5 Å². The first-order chi connectivity index (χ1) is 10.4. The van der Waals surface area contributed by atoms with E-state index >= 15 is 0 Å². The monoisotopic (exact) mass is 282 g/mol. The molecule has 0 bridgehead atoms. The van der Waals surface area contributed by atoms with Crippen LogP contribution in [0.1, 0.15) is 18.5 Å². The summed E-state index contributed by atoms with van der Waals surface area (Å²) in [4.78, 5) is 2.43. The summed E-state index contributed by atoms with van der Waals surface area (Å²) in [5.41, 5.74) is 2.62. The number of hydrogen-bond acceptors (Lipinski definition) is 3. The highest BCUT2D eigenvalue weighted by Gasteiger charge is 2.20. The second-order valence-electron chi connectivity index (χ2n) is 5.29. The third-order valence-corrected chi connectivity index (χ3v) is 3.89. The summed E-state index contributed by atoms with van der Waals surface area (Å²) in [5, 5.41) is 3.60. The number of benzene rings is 2. The van der Waals surface area contributed by atoms with E-state index in [9.17, 15) is 0 Å². The predicted molar refractivity (Wildman–Crippen MR) is 87.0 cm³/mol. The van der Waals surface area contributed by atoms with E-state index < -0.39 is 0 Å². The van der Waals surface area contributed by atoms with E-state index in [1.807, 2.05) is 6.92 Å². The maximum absolute atomic E-state index is 5.51. The Morgan fingerprint density at radius 3 is 2.57 bits per heavy atom. The summed E-state index contributed by atoms with van der Waals surface area (Å²) in [6.07, 6.45) is 0. The van der Waals surface area contributed by atoms with Gasteiger partial charge in [0.2, 0.25) is 0 Å². The third-order valence-electron chi connectivity index (χ3n) is 3.89. The van der Waals surface area contributed by atoms with Gasteiger partial charge in [-0.1, -0.05) is 30.3 Å². The van der Waals surface area contributed by atoms with E-state index in [4.69, 9.17) is 4.74 Å². The molecular weight excluding hydrogens is 260 g/mol. The molecule has 3 heteroatoms. The molecule has 21 heavy (non-hydrogen) atoms. The standard InChI is InChI=1S/C18H22N2O/c1-2-21-17-10-8-16(9-11-17)20-13-12-19-18(14-20)15-6-4-3-5-7-15/h3-11,18-19H,2,12-14H2,1H3. The molecule has 0 aliphatic carbocycles. The molecule has 1 aliphatic heterocycles. The van der Waals surface area contributed by atoms with Crippen LogP contribution in [-0.4, -0.2) is 26.2 Å². The Morgan fingerprint density at radius 1 is 1.10 bits per heavy atom. The van der Waals surface area contributed by atoms with Gasteiger partial charge in [0.25, 0.3) is 0 Å². The maximum atomic E-state index is 5.51. The van der Waals surface area contributed by atoms with Gasteiger partial charge in [-0.05, 0) is 36.8 Å². The van der Waals surface area contributed by atoms with Crippen LogP contribution in [-0.2, 0) is 0 Å². The molecular formula is C18H22N2O. The van der Waals surface area contributed by atoms with Crippen LogP contribution in [0, 0.1) is 0 Å². The predicted octanol–water partition coefficient (Wildman–Crippen LogP) is 3.24. The molecule has 110 valence electrons. The lowest BCUT2D eigenvalue weighted by atomic mass is 10.0. The van der Waals surface area contributed by atoms with Crippen molar-refractivity contribution < 1.29 is 4.74 Å². The Morgan fingerprint density at radius 2 is 1.86 bits per heavy atom. The number of rotatable bonds is 4. The summed E-state index contributed by atoms with van der Waals surface area (Å²) >= 11 is 0. The molecule has 0 amide bonds.